The first-order valence-electron chi connectivity index (χ1n) is 9.90. The summed E-state index contributed by atoms with van der Waals surface area (Å²) in [4.78, 5) is 11.2. The van der Waals surface area contributed by atoms with Crippen LogP contribution in [0.1, 0.15) is 42.3 Å². The molecule has 0 spiro atoms. The van der Waals surface area contributed by atoms with Crippen molar-refractivity contribution in [2.24, 2.45) is 4.99 Å². The minimum absolute atomic E-state index is 0. The van der Waals surface area contributed by atoms with Crippen molar-refractivity contribution in [3.05, 3.63) is 53.7 Å². The molecular formula is C21H32IN5O. The average molecular weight is 497 g/mol. The molecular weight excluding hydrogens is 465 g/mol. The SMILES string of the molecule is CN=C(NCCc1ccc(C)nc1)NCC(c1ccco1)N1CCCCC1.I. The summed E-state index contributed by atoms with van der Waals surface area (Å²) in [5.41, 5.74) is 2.27. The van der Waals surface area contributed by atoms with Crippen LogP contribution in [0.3, 0.4) is 0 Å². The summed E-state index contributed by atoms with van der Waals surface area (Å²) >= 11 is 0. The molecule has 0 aliphatic carbocycles. The van der Waals surface area contributed by atoms with Crippen molar-refractivity contribution in [3.8, 4) is 0 Å². The second-order valence-corrected chi connectivity index (χ2v) is 7.07. The number of aromatic nitrogens is 1. The Morgan fingerprint density at radius 2 is 2.04 bits per heavy atom. The van der Waals surface area contributed by atoms with Gasteiger partial charge in [0.2, 0.25) is 0 Å². The van der Waals surface area contributed by atoms with Crippen LogP contribution in [0.15, 0.2) is 46.1 Å². The predicted molar refractivity (Wildman–Crippen MR) is 124 cm³/mol. The third kappa shape index (κ3) is 6.77. The molecule has 1 fully saturated rings. The van der Waals surface area contributed by atoms with Gasteiger partial charge in [-0.25, -0.2) is 0 Å². The lowest BCUT2D eigenvalue weighted by molar-refractivity contribution is 0.146. The fraction of sp³-hybridized carbons (Fsp3) is 0.524. The molecule has 0 amide bonds. The third-order valence-corrected chi connectivity index (χ3v) is 5.07. The van der Waals surface area contributed by atoms with Crippen LogP contribution in [0.4, 0.5) is 0 Å². The van der Waals surface area contributed by atoms with E-state index in [1.165, 1.54) is 24.8 Å². The van der Waals surface area contributed by atoms with E-state index in [0.717, 1.165) is 50.0 Å². The van der Waals surface area contributed by atoms with Crippen LogP contribution < -0.4 is 10.6 Å². The predicted octanol–water partition coefficient (Wildman–Crippen LogP) is 3.54. The molecule has 1 atom stereocenters. The third-order valence-electron chi connectivity index (χ3n) is 5.07. The summed E-state index contributed by atoms with van der Waals surface area (Å²) in [5.74, 6) is 1.84. The standard InChI is InChI=1S/C21H31N5O.HI/c1-17-8-9-18(15-24-17)10-11-23-21(22-2)25-16-19(20-7-6-14-27-20)26-12-4-3-5-13-26;/h6-9,14-15,19H,3-5,10-13,16H2,1-2H3,(H2,22,23,25);1H. The highest BCUT2D eigenvalue weighted by Crippen LogP contribution is 2.24. The highest BCUT2D eigenvalue weighted by atomic mass is 127. The van der Waals surface area contributed by atoms with E-state index in [2.05, 4.69) is 43.7 Å². The number of piperidine rings is 1. The van der Waals surface area contributed by atoms with E-state index < -0.39 is 0 Å². The molecule has 0 aromatic carbocycles. The van der Waals surface area contributed by atoms with Crippen LogP contribution in [-0.4, -0.2) is 49.1 Å². The van der Waals surface area contributed by atoms with Gasteiger partial charge in [-0.3, -0.25) is 14.9 Å². The normalized spacial score (nSPS) is 16.3. The van der Waals surface area contributed by atoms with E-state index in [4.69, 9.17) is 4.42 Å². The summed E-state index contributed by atoms with van der Waals surface area (Å²) in [6, 6.07) is 8.45. The maximum absolute atomic E-state index is 5.71. The number of hydrogen-bond acceptors (Lipinski definition) is 4. The summed E-state index contributed by atoms with van der Waals surface area (Å²) in [6.07, 6.45) is 8.46. The number of furan rings is 1. The summed E-state index contributed by atoms with van der Waals surface area (Å²) in [5, 5.41) is 6.87. The zero-order chi connectivity index (χ0) is 18.9. The van der Waals surface area contributed by atoms with Crippen LogP contribution in [0, 0.1) is 6.92 Å². The van der Waals surface area contributed by atoms with Crippen molar-refractivity contribution >= 4 is 29.9 Å². The molecule has 1 unspecified atom stereocenters. The molecule has 2 aromatic heterocycles. The Labute approximate surface area is 185 Å². The van der Waals surface area contributed by atoms with Crippen LogP contribution in [-0.2, 0) is 6.42 Å². The maximum Gasteiger partial charge on any atom is 0.191 e. The van der Waals surface area contributed by atoms with Gasteiger partial charge in [-0.2, -0.15) is 0 Å². The summed E-state index contributed by atoms with van der Waals surface area (Å²) < 4.78 is 5.71. The zero-order valence-corrected chi connectivity index (χ0v) is 19.2. The lowest BCUT2D eigenvalue weighted by atomic mass is 10.1. The Kier molecular flexibility index (Phi) is 9.77. The number of nitrogens with one attached hydrogen (secondary N) is 2. The lowest BCUT2D eigenvalue weighted by Crippen LogP contribution is -2.44. The van der Waals surface area contributed by atoms with Gasteiger partial charge < -0.3 is 15.1 Å². The van der Waals surface area contributed by atoms with E-state index in [1.54, 1.807) is 6.26 Å². The Balaban J connectivity index is 0.00000280. The molecule has 0 radical (unpaired) electrons. The number of pyridine rings is 1. The maximum atomic E-state index is 5.71. The van der Waals surface area contributed by atoms with Crippen molar-refractivity contribution in [2.75, 3.05) is 33.2 Å². The van der Waals surface area contributed by atoms with Crippen LogP contribution in [0.5, 0.6) is 0 Å². The van der Waals surface area contributed by atoms with E-state index in [0.29, 0.717) is 0 Å². The molecule has 3 heterocycles. The van der Waals surface area contributed by atoms with Crippen LogP contribution in [0.2, 0.25) is 0 Å². The molecule has 2 aromatic rings. The number of halogens is 1. The molecule has 28 heavy (non-hydrogen) atoms. The first-order valence-corrected chi connectivity index (χ1v) is 9.90. The Morgan fingerprint density at radius 1 is 1.21 bits per heavy atom. The molecule has 1 aliphatic rings. The second-order valence-electron chi connectivity index (χ2n) is 7.07. The minimum atomic E-state index is 0. The summed E-state index contributed by atoms with van der Waals surface area (Å²) in [6.45, 7) is 5.85. The van der Waals surface area contributed by atoms with E-state index in [1.807, 2.05) is 26.2 Å². The number of rotatable bonds is 7. The topological polar surface area (TPSA) is 65.7 Å². The van der Waals surface area contributed by atoms with Gasteiger partial charge in [-0.15, -0.1) is 24.0 Å². The first-order chi connectivity index (χ1) is 13.3. The van der Waals surface area contributed by atoms with Crippen molar-refractivity contribution < 1.29 is 4.42 Å². The largest absolute Gasteiger partial charge is 0.468 e. The number of guanidine groups is 1. The minimum Gasteiger partial charge on any atom is -0.468 e. The molecule has 1 saturated heterocycles. The van der Waals surface area contributed by atoms with Crippen molar-refractivity contribution in [1.29, 1.82) is 0 Å². The zero-order valence-electron chi connectivity index (χ0n) is 16.9. The molecule has 154 valence electrons. The van der Waals surface area contributed by atoms with Gasteiger partial charge in [0.15, 0.2) is 5.96 Å². The number of likely N-dealkylation sites (tertiary alicyclic amines) is 1. The lowest BCUT2D eigenvalue weighted by Gasteiger charge is -2.33. The van der Waals surface area contributed by atoms with E-state index in [-0.39, 0.29) is 30.0 Å². The monoisotopic (exact) mass is 497 g/mol. The van der Waals surface area contributed by atoms with Gasteiger partial charge in [0.1, 0.15) is 5.76 Å². The van der Waals surface area contributed by atoms with E-state index >= 15 is 0 Å². The average Bonchev–Trinajstić information content (AvgIpc) is 3.23. The fourth-order valence-corrected chi connectivity index (χ4v) is 3.51. The molecule has 3 rings (SSSR count). The van der Waals surface area contributed by atoms with Crippen molar-refractivity contribution in [3.63, 3.8) is 0 Å². The molecule has 7 heteroatoms. The fourth-order valence-electron chi connectivity index (χ4n) is 3.51. The molecule has 1 aliphatic heterocycles. The molecule has 6 nitrogen and oxygen atoms in total. The first kappa shape index (κ1) is 22.7. The smallest absolute Gasteiger partial charge is 0.191 e. The van der Waals surface area contributed by atoms with Gasteiger partial charge in [0.05, 0.1) is 12.3 Å². The summed E-state index contributed by atoms with van der Waals surface area (Å²) in [7, 11) is 1.81. The molecule has 0 bridgehead atoms. The van der Waals surface area contributed by atoms with Gasteiger partial charge in [0.25, 0.3) is 0 Å². The molecule has 2 N–H and O–H groups in total. The van der Waals surface area contributed by atoms with Gasteiger partial charge >= 0.3 is 0 Å². The Morgan fingerprint density at radius 3 is 2.68 bits per heavy atom. The second kappa shape index (κ2) is 12.1. The number of nitrogens with zero attached hydrogens (tertiary/aromatic N) is 3. The highest BCUT2D eigenvalue weighted by molar-refractivity contribution is 14.0. The number of hydrogen-bond donors (Lipinski definition) is 2. The number of aryl methyl sites for hydroxylation is 1. The van der Waals surface area contributed by atoms with Gasteiger partial charge in [-0.05, 0) is 63.0 Å². The van der Waals surface area contributed by atoms with E-state index in [9.17, 15) is 0 Å². The molecule has 0 saturated carbocycles. The van der Waals surface area contributed by atoms with Crippen molar-refractivity contribution in [2.45, 2.75) is 38.6 Å². The Bertz CT molecular complexity index is 696. The quantitative estimate of drug-likeness (QED) is 0.348. The number of aliphatic imine (C=N–C) groups is 1. The van der Waals surface area contributed by atoms with Crippen molar-refractivity contribution in [1.82, 2.24) is 20.5 Å². The van der Waals surface area contributed by atoms with Crippen LogP contribution >= 0.6 is 24.0 Å². The highest BCUT2D eigenvalue weighted by Gasteiger charge is 2.24. The van der Waals surface area contributed by atoms with Gasteiger partial charge in [-0.1, -0.05) is 12.5 Å². The Hall–Kier alpha value is -1.61. The van der Waals surface area contributed by atoms with Crippen LogP contribution in [0.25, 0.3) is 0 Å². The van der Waals surface area contributed by atoms with Gasteiger partial charge in [0, 0.05) is 32.0 Å².